The van der Waals surface area contributed by atoms with Crippen LogP contribution in [0.25, 0.3) is 0 Å². The number of nitrogens with two attached hydrogens (primary N) is 1. The third kappa shape index (κ3) is 1.58. The Labute approximate surface area is 62.7 Å². The Morgan fingerprint density at radius 1 is 1.50 bits per heavy atom. The predicted molar refractivity (Wildman–Crippen MR) is 40.3 cm³/mol. The highest BCUT2D eigenvalue weighted by molar-refractivity contribution is 8.20. The van der Waals surface area contributed by atoms with E-state index in [1.165, 1.54) is 0 Å². The Bertz CT molecular complexity index is 230. The molecule has 0 aliphatic rings. The molecule has 0 aliphatic heterocycles. The first-order chi connectivity index (χ1) is 4.50. The number of nitrogens with zero attached hydrogens (tertiary/aromatic N) is 1. The summed E-state index contributed by atoms with van der Waals surface area (Å²) in [6.07, 6.45) is 1.13. The van der Waals surface area contributed by atoms with Crippen molar-refractivity contribution >= 4 is 27.3 Å². The largest absolute Gasteiger partial charge is 0.375 e. The molecule has 0 saturated heterocycles. The predicted octanol–water partition coefficient (Wildman–Crippen LogP) is 1.31. The number of thiazole rings is 1. The quantitative estimate of drug-likeness (QED) is 0.524. The second-order valence-electron chi connectivity index (χ2n) is 1.54. The number of anilines is 1. The maximum absolute atomic E-state index is 8.61. The molecule has 0 bridgehead atoms. The van der Waals surface area contributed by atoms with Crippen molar-refractivity contribution in [3.63, 3.8) is 0 Å². The molecule has 58 valence electrons. The summed E-state index contributed by atoms with van der Waals surface area (Å²) >= 11 is 0.848. The van der Waals surface area contributed by atoms with Crippen molar-refractivity contribution in [3.05, 3.63) is 6.20 Å². The van der Waals surface area contributed by atoms with Crippen molar-refractivity contribution < 1.29 is 13.7 Å². The zero-order valence-corrected chi connectivity index (χ0v) is 6.39. The van der Waals surface area contributed by atoms with Crippen molar-refractivity contribution in [2.45, 2.75) is 4.21 Å². The summed E-state index contributed by atoms with van der Waals surface area (Å²) in [6.45, 7) is 0. The lowest BCUT2D eigenvalue weighted by Gasteiger charge is -2.14. The van der Waals surface area contributed by atoms with Crippen LogP contribution >= 0.6 is 22.2 Å². The Hall–Kier alpha value is -0.340. The fraction of sp³-hybridized carbons (Fsp3) is 0. The molecule has 1 aromatic heterocycles. The Morgan fingerprint density at radius 3 is 2.30 bits per heavy atom. The van der Waals surface area contributed by atoms with Crippen molar-refractivity contribution in [2.24, 2.45) is 0 Å². The van der Waals surface area contributed by atoms with Crippen molar-refractivity contribution in [2.75, 3.05) is 5.73 Å². The molecule has 0 amide bonds. The molecule has 0 fully saturated rings. The molecular formula is C3H6N2O3S2. The highest BCUT2D eigenvalue weighted by Crippen LogP contribution is 2.46. The maximum Gasteiger partial charge on any atom is 0.181 e. The second-order valence-corrected chi connectivity index (χ2v) is 4.33. The zero-order chi connectivity index (χ0) is 7.78. The van der Waals surface area contributed by atoms with Gasteiger partial charge >= 0.3 is 0 Å². The Kier molecular flexibility index (Phi) is 1.84. The average molecular weight is 182 g/mol. The third-order valence-corrected chi connectivity index (χ3v) is 2.96. The number of nitrogen functional groups attached to an aromatic ring is 1. The van der Waals surface area contributed by atoms with E-state index in [4.69, 9.17) is 19.4 Å². The summed E-state index contributed by atoms with van der Waals surface area (Å²) < 4.78 is 25.8. The van der Waals surface area contributed by atoms with E-state index >= 15 is 0 Å². The molecule has 0 atom stereocenters. The van der Waals surface area contributed by atoms with E-state index in [9.17, 15) is 0 Å². The van der Waals surface area contributed by atoms with Crippen LogP contribution in [0.1, 0.15) is 0 Å². The average Bonchev–Trinajstić information content (AvgIpc) is 2.11. The van der Waals surface area contributed by atoms with E-state index in [1.54, 1.807) is 0 Å². The lowest BCUT2D eigenvalue weighted by Crippen LogP contribution is -1.91. The molecule has 1 rings (SSSR count). The van der Waals surface area contributed by atoms with Gasteiger partial charge in [-0.05, 0) is 0 Å². The van der Waals surface area contributed by atoms with Crippen LogP contribution in [0.2, 0.25) is 0 Å². The van der Waals surface area contributed by atoms with Gasteiger partial charge in [-0.15, -0.1) is 0 Å². The lowest BCUT2D eigenvalue weighted by atomic mass is 11.0. The topological polar surface area (TPSA) is 99.6 Å². The lowest BCUT2D eigenvalue weighted by molar-refractivity contribution is 0.378. The van der Waals surface area contributed by atoms with Crippen LogP contribution in [-0.4, -0.2) is 18.6 Å². The van der Waals surface area contributed by atoms with Crippen LogP contribution in [0.15, 0.2) is 10.4 Å². The van der Waals surface area contributed by atoms with E-state index in [1.807, 2.05) is 0 Å². The number of rotatable bonds is 1. The molecule has 0 saturated carbocycles. The molecule has 5 nitrogen and oxygen atoms in total. The molecular weight excluding hydrogens is 176 g/mol. The van der Waals surface area contributed by atoms with Gasteiger partial charge in [0.2, 0.25) is 0 Å². The zero-order valence-electron chi connectivity index (χ0n) is 4.76. The summed E-state index contributed by atoms with van der Waals surface area (Å²) in [7, 11) is -3.61. The second kappa shape index (κ2) is 2.36. The number of aromatic nitrogens is 1. The van der Waals surface area contributed by atoms with Gasteiger partial charge in [-0.2, -0.15) is 0 Å². The first kappa shape index (κ1) is 7.76. The van der Waals surface area contributed by atoms with Gasteiger partial charge in [0.1, 0.15) is 15.1 Å². The molecule has 1 heterocycles. The van der Waals surface area contributed by atoms with Crippen LogP contribution in [0, 0.1) is 0 Å². The normalized spacial score (nSPS) is 13.5. The highest BCUT2D eigenvalue weighted by atomic mass is 32.3. The van der Waals surface area contributed by atoms with Gasteiger partial charge in [0, 0.05) is 0 Å². The van der Waals surface area contributed by atoms with Gasteiger partial charge in [0.25, 0.3) is 0 Å². The molecule has 0 spiro atoms. The minimum Gasteiger partial charge on any atom is -0.375 e. The minimum absolute atomic E-state index is 0.00926. The molecule has 7 heteroatoms. The van der Waals surface area contributed by atoms with Crippen molar-refractivity contribution in [3.8, 4) is 0 Å². The van der Waals surface area contributed by atoms with Gasteiger partial charge in [0.15, 0.2) is 5.13 Å². The minimum atomic E-state index is -3.61. The standard InChI is InChI=1S/C3H6N2O3S2/c4-3-5-1-2(9-3)10(6,7)8/h1,6-8H,(H2,4,5). The summed E-state index contributed by atoms with van der Waals surface area (Å²) in [4.78, 5) is 3.52. The molecule has 10 heavy (non-hydrogen) atoms. The molecule has 0 radical (unpaired) electrons. The van der Waals surface area contributed by atoms with Crippen LogP contribution in [-0.2, 0) is 0 Å². The van der Waals surface area contributed by atoms with Crippen LogP contribution < -0.4 is 5.73 Å². The van der Waals surface area contributed by atoms with Gasteiger partial charge in [-0.25, -0.2) is 4.98 Å². The Morgan fingerprint density at radius 2 is 2.10 bits per heavy atom. The molecule has 1 aromatic rings. The molecule has 5 N–H and O–H groups in total. The van der Waals surface area contributed by atoms with Crippen molar-refractivity contribution in [1.29, 1.82) is 0 Å². The molecule has 0 aromatic carbocycles. The number of hydrogen-bond acceptors (Lipinski definition) is 6. The summed E-state index contributed by atoms with van der Waals surface area (Å²) in [5.74, 6) is 0. The third-order valence-electron chi connectivity index (χ3n) is 0.772. The maximum atomic E-state index is 8.61. The monoisotopic (exact) mass is 182 g/mol. The van der Waals surface area contributed by atoms with E-state index in [2.05, 4.69) is 4.98 Å². The Balaban J connectivity index is 2.96. The van der Waals surface area contributed by atoms with E-state index in [0.29, 0.717) is 0 Å². The SMILES string of the molecule is Nc1ncc(S(O)(O)O)s1. The van der Waals surface area contributed by atoms with Crippen molar-refractivity contribution in [1.82, 2.24) is 4.98 Å². The van der Waals surface area contributed by atoms with Gasteiger partial charge in [0.05, 0.1) is 6.20 Å². The van der Waals surface area contributed by atoms with E-state index in [0.717, 1.165) is 17.5 Å². The smallest absolute Gasteiger partial charge is 0.181 e. The fourth-order valence-corrected chi connectivity index (χ4v) is 1.71. The van der Waals surface area contributed by atoms with E-state index < -0.39 is 10.9 Å². The van der Waals surface area contributed by atoms with Gasteiger partial charge in [-0.3, -0.25) is 0 Å². The van der Waals surface area contributed by atoms with Gasteiger partial charge < -0.3 is 19.4 Å². The first-order valence-electron chi connectivity index (χ1n) is 2.22. The van der Waals surface area contributed by atoms with Gasteiger partial charge in [-0.1, -0.05) is 11.3 Å². The first-order valence-corrected chi connectivity index (χ1v) is 4.54. The summed E-state index contributed by atoms with van der Waals surface area (Å²) in [6, 6.07) is 0. The van der Waals surface area contributed by atoms with Crippen LogP contribution in [0.3, 0.4) is 0 Å². The molecule has 0 unspecified atom stereocenters. The fourth-order valence-electron chi connectivity index (χ4n) is 0.399. The molecule has 0 aliphatic carbocycles. The summed E-state index contributed by atoms with van der Waals surface area (Å²) in [5, 5.41) is 0.198. The van der Waals surface area contributed by atoms with Crippen LogP contribution in [0.5, 0.6) is 0 Å². The summed E-state index contributed by atoms with van der Waals surface area (Å²) in [5.41, 5.74) is 5.16. The van der Waals surface area contributed by atoms with Crippen LogP contribution in [0.4, 0.5) is 5.13 Å². The van der Waals surface area contributed by atoms with E-state index in [-0.39, 0.29) is 9.34 Å². The highest BCUT2D eigenvalue weighted by Gasteiger charge is 2.18. The number of hydrogen-bond donors (Lipinski definition) is 4.